The van der Waals surface area contributed by atoms with Crippen molar-refractivity contribution in [3.63, 3.8) is 0 Å². The molecule has 0 aliphatic heterocycles. The van der Waals surface area contributed by atoms with Gasteiger partial charge in [0.05, 0.1) is 23.4 Å². The maximum absolute atomic E-state index is 5.67. The lowest BCUT2D eigenvalue weighted by atomic mass is 10.1. The summed E-state index contributed by atoms with van der Waals surface area (Å²) >= 11 is 1.63. The van der Waals surface area contributed by atoms with Crippen molar-refractivity contribution in [1.82, 2.24) is 20.2 Å². The molecule has 0 amide bonds. The Hall–Kier alpha value is -2.02. The standard InChI is InChI=1S/C14H15N5S/c15-18-14(6-13-8-16-10-20-13)11-7-17-19(9-11)12-4-2-1-3-5-12/h1-5,7-10,14,18H,6,15H2. The van der Waals surface area contributed by atoms with Crippen molar-refractivity contribution >= 4 is 11.3 Å². The van der Waals surface area contributed by atoms with Gasteiger partial charge in [0.2, 0.25) is 0 Å². The van der Waals surface area contributed by atoms with Gasteiger partial charge in [-0.15, -0.1) is 11.3 Å². The summed E-state index contributed by atoms with van der Waals surface area (Å²) in [6.07, 6.45) is 6.53. The van der Waals surface area contributed by atoms with Gasteiger partial charge in [0.15, 0.2) is 0 Å². The van der Waals surface area contributed by atoms with Crippen LogP contribution in [0.2, 0.25) is 0 Å². The Morgan fingerprint density at radius 3 is 2.80 bits per heavy atom. The molecule has 102 valence electrons. The van der Waals surface area contributed by atoms with E-state index in [4.69, 9.17) is 5.84 Å². The van der Waals surface area contributed by atoms with Crippen LogP contribution < -0.4 is 11.3 Å². The molecular formula is C14H15N5S. The topological polar surface area (TPSA) is 68.8 Å². The maximum atomic E-state index is 5.67. The number of benzene rings is 1. The van der Waals surface area contributed by atoms with Crippen molar-refractivity contribution in [3.05, 3.63) is 64.9 Å². The van der Waals surface area contributed by atoms with E-state index in [2.05, 4.69) is 15.5 Å². The van der Waals surface area contributed by atoms with Crippen molar-refractivity contribution in [1.29, 1.82) is 0 Å². The molecular weight excluding hydrogens is 270 g/mol. The molecule has 0 aliphatic rings. The van der Waals surface area contributed by atoms with Crippen LogP contribution in [0.1, 0.15) is 16.5 Å². The molecule has 3 aromatic rings. The summed E-state index contributed by atoms with van der Waals surface area (Å²) in [5, 5.41) is 4.39. The number of nitrogens with zero attached hydrogens (tertiary/aromatic N) is 3. The van der Waals surface area contributed by atoms with E-state index in [-0.39, 0.29) is 6.04 Å². The number of para-hydroxylation sites is 1. The van der Waals surface area contributed by atoms with E-state index in [0.717, 1.165) is 17.7 Å². The molecule has 0 fully saturated rings. The monoisotopic (exact) mass is 285 g/mol. The Labute approximate surface area is 121 Å². The molecule has 0 spiro atoms. The highest BCUT2D eigenvalue weighted by Gasteiger charge is 2.14. The predicted molar refractivity (Wildman–Crippen MR) is 79.4 cm³/mol. The highest BCUT2D eigenvalue weighted by atomic mass is 32.1. The number of hydrazine groups is 1. The zero-order valence-corrected chi connectivity index (χ0v) is 11.6. The van der Waals surface area contributed by atoms with E-state index in [1.807, 2.05) is 59.1 Å². The molecule has 0 saturated heterocycles. The van der Waals surface area contributed by atoms with Gasteiger partial charge in [-0.1, -0.05) is 18.2 Å². The fourth-order valence-electron chi connectivity index (χ4n) is 2.06. The number of thiazole rings is 1. The Morgan fingerprint density at radius 2 is 2.10 bits per heavy atom. The Morgan fingerprint density at radius 1 is 1.25 bits per heavy atom. The van der Waals surface area contributed by atoms with Crippen LogP contribution >= 0.6 is 11.3 Å². The van der Waals surface area contributed by atoms with E-state index < -0.39 is 0 Å². The molecule has 20 heavy (non-hydrogen) atoms. The minimum atomic E-state index is 0.0351. The van der Waals surface area contributed by atoms with Crippen molar-refractivity contribution in [2.24, 2.45) is 5.84 Å². The second-order valence-electron chi connectivity index (χ2n) is 4.44. The van der Waals surface area contributed by atoms with Gasteiger partial charge in [-0.3, -0.25) is 16.3 Å². The first kappa shape index (κ1) is 13.0. The average Bonchev–Trinajstić information content (AvgIpc) is 3.17. The van der Waals surface area contributed by atoms with E-state index in [1.165, 1.54) is 4.88 Å². The molecule has 0 aliphatic carbocycles. The van der Waals surface area contributed by atoms with E-state index >= 15 is 0 Å². The van der Waals surface area contributed by atoms with Gasteiger partial charge in [0.25, 0.3) is 0 Å². The fourth-order valence-corrected chi connectivity index (χ4v) is 2.70. The Balaban J connectivity index is 1.81. The van der Waals surface area contributed by atoms with Gasteiger partial charge in [0, 0.05) is 29.3 Å². The van der Waals surface area contributed by atoms with Gasteiger partial charge in [-0.25, -0.2) is 4.68 Å². The summed E-state index contributed by atoms with van der Waals surface area (Å²) < 4.78 is 1.85. The summed E-state index contributed by atoms with van der Waals surface area (Å²) in [6.45, 7) is 0. The van der Waals surface area contributed by atoms with Crippen molar-refractivity contribution < 1.29 is 0 Å². The van der Waals surface area contributed by atoms with Crippen molar-refractivity contribution in [2.45, 2.75) is 12.5 Å². The number of hydrogen-bond donors (Lipinski definition) is 2. The quantitative estimate of drug-likeness (QED) is 0.556. The number of nitrogens with two attached hydrogens (primary N) is 1. The number of nitrogens with one attached hydrogen (secondary N) is 1. The molecule has 6 heteroatoms. The molecule has 1 unspecified atom stereocenters. The van der Waals surface area contributed by atoms with Crippen molar-refractivity contribution in [3.8, 4) is 5.69 Å². The number of hydrogen-bond acceptors (Lipinski definition) is 5. The smallest absolute Gasteiger partial charge is 0.0794 e. The molecule has 0 bridgehead atoms. The lowest BCUT2D eigenvalue weighted by Crippen LogP contribution is -2.29. The van der Waals surface area contributed by atoms with E-state index in [0.29, 0.717) is 0 Å². The molecule has 2 aromatic heterocycles. The summed E-state index contributed by atoms with van der Waals surface area (Å²) in [5.74, 6) is 5.67. The highest BCUT2D eigenvalue weighted by Crippen LogP contribution is 2.20. The largest absolute Gasteiger partial charge is 0.271 e. The van der Waals surface area contributed by atoms with Crippen LogP contribution in [0.3, 0.4) is 0 Å². The summed E-state index contributed by atoms with van der Waals surface area (Å²) in [6, 6.07) is 10.0. The lowest BCUT2D eigenvalue weighted by molar-refractivity contribution is 0.555. The molecule has 3 N–H and O–H groups in total. The molecule has 1 atom stereocenters. The molecule has 0 radical (unpaired) electrons. The first-order valence-corrected chi connectivity index (χ1v) is 7.18. The van der Waals surface area contributed by atoms with Gasteiger partial charge in [-0.05, 0) is 12.1 Å². The minimum absolute atomic E-state index is 0.0351. The van der Waals surface area contributed by atoms with Crippen LogP contribution in [0.25, 0.3) is 5.69 Å². The molecule has 2 heterocycles. The zero-order valence-electron chi connectivity index (χ0n) is 10.8. The van der Waals surface area contributed by atoms with Gasteiger partial charge in [0.1, 0.15) is 0 Å². The third kappa shape index (κ3) is 2.77. The average molecular weight is 285 g/mol. The summed E-state index contributed by atoms with van der Waals surface area (Å²) in [5.41, 5.74) is 6.77. The Kier molecular flexibility index (Phi) is 3.87. The first-order valence-electron chi connectivity index (χ1n) is 6.30. The Bertz CT molecular complexity index is 647. The first-order chi connectivity index (χ1) is 9.86. The normalized spacial score (nSPS) is 12.4. The predicted octanol–water partition coefficient (Wildman–Crippen LogP) is 2.08. The zero-order chi connectivity index (χ0) is 13.8. The van der Waals surface area contributed by atoms with Gasteiger partial charge < -0.3 is 0 Å². The number of aromatic nitrogens is 3. The van der Waals surface area contributed by atoms with E-state index in [9.17, 15) is 0 Å². The van der Waals surface area contributed by atoms with Crippen LogP contribution in [0.5, 0.6) is 0 Å². The fraction of sp³-hybridized carbons (Fsp3) is 0.143. The SMILES string of the molecule is NNC(Cc1cncs1)c1cnn(-c2ccccc2)c1. The highest BCUT2D eigenvalue weighted by molar-refractivity contribution is 7.09. The molecule has 0 saturated carbocycles. The molecule has 3 rings (SSSR count). The third-order valence-corrected chi connectivity index (χ3v) is 3.92. The van der Waals surface area contributed by atoms with Crippen LogP contribution in [0.4, 0.5) is 0 Å². The third-order valence-electron chi connectivity index (χ3n) is 3.12. The lowest BCUT2D eigenvalue weighted by Gasteiger charge is -2.12. The molecule has 5 nitrogen and oxygen atoms in total. The minimum Gasteiger partial charge on any atom is -0.271 e. The van der Waals surface area contributed by atoms with Crippen LogP contribution in [-0.2, 0) is 6.42 Å². The van der Waals surface area contributed by atoms with Crippen LogP contribution in [0.15, 0.2) is 54.4 Å². The maximum Gasteiger partial charge on any atom is 0.0794 e. The molecule has 1 aromatic carbocycles. The summed E-state index contributed by atoms with van der Waals surface area (Å²) in [7, 11) is 0. The van der Waals surface area contributed by atoms with Crippen molar-refractivity contribution in [2.75, 3.05) is 0 Å². The van der Waals surface area contributed by atoms with E-state index in [1.54, 1.807) is 11.3 Å². The number of rotatable bonds is 5. The second-order valence-corrected chi connectivity index (χ2v) is 5.42. The van der Waals surface area contributed by atoms with Gasteiger partial charge in [-0.2, -0.15) is 5.10 Å². The van der Waals surface area contributed by atoms with Crippen LogP contribution in [-0.4, -0.2) is 14.8 Å². The van der Waals surface area contributed by atoms with Gasteiger partial charge >= 0.3 is 0 Å². The van der Waals surface area contributed by atoms with Crippen LogP contribution in [0, 0.1) is 0 Å². The second kappa shape index (κ2) is 5.96. The summed E-state index contributed by atoms with van der Waals surface area (Å²) in [4.78, 5) is 5.28.